The van der Waals surface area contributed by atoms with Gasteiger partial charge in [-0.3, -0.25) is 4.79 Å². The van der Waals surface area contributed by atoms with Gasteiger partial charge in [-0.25, -0.2) is 9.37 Å². The predicted molar refractivity (Wildman–Crippen MR) is 94.7 cm³/mol. The number of benzene rings is 1. The summed E-state index contributed by atoms with van der Waals surface area (Å²) in [6, 6.07) is 4.77. The highest BCUT2D eigenvalue weighted by molar-refractivity contribution is 5.95. The fourth-order valence-corrected chi connectivity index (χ4v) is 3.28. The van der Waals surface area contributed by atoms with Crippen LogP contribution in [0.5, 0.6) is 0 Å². The highest BCUT2D eigenvalue weighted by Crippen LogP contribution is 2.29. The highest BCUT2D eigenvalue weighted by Gasteiger charge is 2.21. The lowest BCUT2D eigenvalue weighted by Gasteiger charge is -2.26. The maximum Gasteiger partial charge on any atom is 0.272 e. The van der Waals surface area contributed by atoms with E-state index in [0.717, 1.165) is 35.1 Å². The van der Waals surface area contributed by atoms with Crippen molar-refractivity contribution in [2.24, 2.45) is 0 Å². The van der Waals surface area contributed by atoms with Gasteiger partial charge >= 0.3 is 0 Å². The molecule has 0 bridgehead atoms. The lowest BCUT2D eigenvalue weighted by Crippen LogP contribution is -2.34. The summed E-state index contributed by atoms with van der Waals surface area (Å²) in [6.45, 7) is 3.21. The Morgan fingerprint density at radius 1 is 1.40 bits per heavy atom. The fraction of sp³-hybridized carbons (Fsp3) is 0.263. The minimum absolute atomic E-state index is 0.0245. The van der Waals surface area contributed by atoms with Crippen LogP contribution >= 0.6 is 0 Å². The molecule has 0 spiro atoms. The fourth-order valence-electron chi connectivity index (χ4n) is 3.28. The number of aryl methyl sites for hydroxylation is 1. The molecular weight excluding hydrogens is 319 g/mol. The summed E-state index contributed by atoms with van der Waals surface area (Å²) in [4.78, 5) is 24.7. The van der Waals surface area contributed by atoms with Gasteiger partial charge in [-0.05, 0) is 30.2 Å². The number of H-pyrrole nitrogens is 2. The second-order valence-corrected chi connectivity index (χ2v) is 6.22. The zero-order valence-electron chi connectivity index (χ0n) is 14.0. The second-order valence-electron chi connectivity index (χ2n) is 6.22. The molecule has 0 saturated heterocycles. The molecule has 1 aromatic carbocycles. The summed E-state index contributed by atoms with van der Waals surface area (Å²) < 4.78 is 13.3. The van der Waals surface area contributed by atoms with Crippen LogP contribution in [0.25, 0.3) is 16.5 Å². The molecule has 0 aliphatic carbocycles. The molecule has 3 aromatic rings. The Bertz CT molecular complexity index is 969. The van der Waals surface area contributed by atoms with Gasteiger partial charge in [0, 0.05) is 42.2 Å². The normalized spacial score (nSPS) is 14.8. The molecule has 0 fully saturated rings. The number of aromatic nitrogens is 3. The van der Waals surface area contributed by atoms with Gasteiger partial charge in [0.05, 0.1) is 6.20 Å². The first-order valence-corrected chi connectivity index (χ1v) is 8.45. The molecule has 2 N–H and O–H groups in total. The maximum absolute atomic E-state index is 13.3. The van der Waals surface area contributed by atoms with Crippen LogP contribution in [0.4, 0.5) is 4.39 Å². The van der Waals surface area contributed by atoms with Crippen LogP contribution in [0.1, 0.15) is 35.2 Å². The summed E-state index contributed by atoms with van der Waals surface area (Å²) in [6.07, 6.45) is 7.14. The molecule has 0 saturated carbocycles. The molecular formula is C19H19FN4O. The van der Waals surface area contributed by atoms with Crippen LogP contribution in [0.3, 0.4) is 0 Å². The predicted octanol–water partition coefficient (Wildman–Crippen LogP) is 3.52. The summed E-state index contributed by atoms with van der Waals surface area (Å²) in [7, 11) is 0. The van der Waals surface area contributed by atoms with Crippen molar-refractivity contribution in [3.8, 4) is 0 Å². The van der Waals surface area contributed by atoms with Gasteiger partial charge < -0.3 is 14.9 Å². The monoisotopic (exact) mass is 338 g/mol. The third-order valence-electron chi connectivity index (χ3n) is 4.68. The average molecular weight is 338 g/mol. The number of rotatable bonds is 3. The molecule has 0 unspecified atom stereocenters. The van der Waals surface area contributed by atoms with Crippen molar-refractivity contribution in [3.05, 3.63) is 59.6 Å². The number of aromatic amines is 2. The summed E-state index contributed by atoms with van der Waals surface area (Å²) >= 11 is 0. The highest BCUT2D eigenvalue weighted by atomic mass is 19.1. The van der Waals surface area contributed by atoms with E-state index in [1.54, 1.807) is 12.3 Å². The maximum atomic E-state index is 13.3. The van der Waals surface area contributed by atoms with Crippen LogP contribution in [0, 0.1) is 5.82 Å². The molecule has 0 radical (unpaired) electrons. The van der Waals surface area contributed by atoms with Gasteiger partial charge in [-0.15, -0.1) is 0 Å². The molecule has 6 heteroatoms. The number of nitrogens with one attached hydrogen (secondary N) is 2. The van der Waals surface area contributed by atoms with Crippen molar-refractivity contribution in [2.45, 2.75) is 19.8 Å². The Morgan fingerprint density at radius 2 is 2.28 bits per heavy atom. The number of amides is 1. The average Bonchev–Trinajstić information content (AvgIpc) is 3.28. The first kappa shape index (κ1) is 15.6. The van der Waals surface area contributed by atoms with Gasteiger partial charge in [0.15, 0.2) is 0 Å². The molecule has 5 nitrogen and oxygen atoms in total. The number of imidazole rings is 1. The van der Waals surface area contributed by atoms with Crippen molar-refractivity contribution in [2.75, 3.05) is 13.1 Å². The Hall–Kier alpha value is -2.89. The molecule has 1 amide bonds. The van der Waals surface area contributed by atoms with E-state index in [4.69, 9.17) is 0 Å². The lowest BCUT2D eigenvalue weighted by atomic mass is 9.99. The third-order valence-corrected chi connectivity index (χ3v) is 4.68. The molecule has 128 valence electrons. The van der Waals surface area contributed by atoms with Crippen molar-refractivity contribution < 1.29 is 9.18 Å². The Labute approximate surface area is 144 Å². The van der Waals surface area contributed by atoms with Crippen LogP contribution in [-0.4, -0.2) is 38.8 Å². The zero-order chi connectivity index (χ0) is 17.4. The smallest absolute Gasteiger partial charge is 0.272 e. The largest absolute Gasteiger partial charge is 0.360 e. The SMILES string of the molecule is CCc1ncc(C(=O)N2CC=C(c3c[nH]c4cc(F)ccc34)CC2)[nH]1. The molecule has 1 aliphatic rings. The minimum Gasteiger partial charge on any atom is -0.360 e. The number of carbonyl (C=O) groups is 1. The minimum atomic E-state index is -0.249. The van der Waals surface area contributed by atoms with E-state index >= 15 is 0 Å². The zero-order valence-corrected chi connectivity index (χ0v) is 14.0. The van der Waals surface area contributed by atoms with Gasteiger partial charge in [0.25, 0.3) is 5.91 Å². The molecule has 4 rings (SSSR count). The number of nitrogens with zero attached hydrogens (tertiary/aromatic N) is 2. The van der Waals surface area contributed by atoms with Crippen LogP contribution in [-0.2, 0) is 6.42 Å². The first-order chi connectivity index (χ1) is 12.2. The quantitative estimate of drug-likeness (QED) is 0.767. The van der Waals surface area contributed by atoms with E-state index in [-0.39, 0.29) is 11.7 Å². The van der Waals surface area contributed by atoms with Crippen molar-refractivity contribution in [1.82, 2.24) is 19.9 Å². The molecule has 0 atom stereocenters. The Kier molecular flexibility index (Phi) is 3.87. The number of hydrogen-bond donors (Lipinski definition) is 2. The van der Waals surface area contributed by atoms with Crippen LogP contribution in [0.2, 0.25) is 0 Å². The molecule has 1 aliphatic heterocycles. The van der Waals surface area contributed by atoms with E-state index in [2.05, 4.69) is 21.0 Å². The summed E-state index contributed by atoms with van der Waals surface area (Å²) in [5, 5.41) is 1.01. The first-order valence-electron chi connectivity index (χ1n) is 8.45. The van der Waals surface area contributed by atoms with Crippen molar-refractivity contribution in [1.29, 1.82) is 0 Å². The number of hydrogen-bond acceptors (Lipinski definition) is 2. The standard InChI is InChI=1S/C19H19FN4O/c1-2-18-22-11-17(23-18)19(25)24-7-5-12(6-8-24)15-10-21-16-9-13(20)3-4-14(15)16/h3-5,9-11,21H,2,6-8H2,1H3,(H,22,23). The Balaban J connectivity index is 1.54. The van der Waals surface area contributed by atoms with E-state index in [1.165, 1.54) is 17.7 Å². The molecule has 2 aromatic heterocycles. The van der Waals surface area contributed by atoms with Crippen molar-refractivity contribution in [3.63, 3.8) is 0 Å². The molecule has 3 heterocycles. The Morgan fingerprint density at radius 3 is 3.00 bits per heavy atom. The summed E-state index contributed by atoms with van der Waals surface area (Å²) in [5.74, 6) is 0.549. The van der Waals surface area contributed by atoms with Gasteiger partial charge in [-0.1, -0.05) is 13.0 Å². The molecule has 25 heavy (non-hydrogen) atoms. The van der Waals surface area contributed by atoms with Crippen LogP contribution in [0.15, 0.2) is 36.7 Å². The van der Waals surface area contributed by atoms with Gasteiger partial charge in [0.2, 0.25) is 0 Å². The number of fused-ring (bicyclic) bond motifs is 1. The topological polar surface area (TPSA) is 64.8 Å². The third kappa shape index (κ3) is 2.84. The summed E-state index contributed by atoms with van der Waals surface area (Å²) in [5.41, 5.74) is 3.59. The van der Waals surface area contributed by atoms with Crippen LogP contribution < -0.4 is 0 Å². The van der Waals surface area contributed by atoms with E-state index in [1.807, 2.05) is 18.0 Å². The number of halogens is 1. The van der Waals surface area contributed by atoms with E-state index in [0.29, 0.717) is 18.8 Å². The van der Waals surface area contributed by atoms with Gasteiger partial charge in [0.1, 0.15) is 17.3 Å². The lowest BCUT2D eigenvalue weighted by molar-refractivity contribution is 0.0767. The number of carbonyl (C=O) groups excluding carboxylic acids is 1. The van der Waals surface area contributed by atoms with E-state index in [9.17, 15) is 9.18 Å². The van der Waals surface area contributed by atoms with Crippen molar-refractivity contribution >= 4 is 22.4 Å². The second kappa shape index (κ2) is 6.20. The van der Waals surface area contributed by atoms with Gasteiger partial charge in [-0.2, -0.15) is 0 Å². The van der Waals surface area contributed by atoms with E-state index < -0.39 is 0 Å².